The molecular formula is C22H38N2O. The molecule has 2 rings (SSSR count). The van der Waals surface area contributed by atoms with Crippen molar-refractivity contribution in [3.8, 4) is 0 Å². The fourth-order valence-corrected chi connectivity index (χ4v) is 4.09. The Balaban J connectivity index is 1.87. The van der Waals surface area contributed by atoms with Crippen molar-refractivity contribution in [3.05, 3.63) is 29.8 Å². The summed E-state index contributed by atoms with van der Waals surface area (Å²) in [6.45, 7) is 12.3. The molecular weight excluding hydrogens is 308 g/mol. The average molecular weight is 347 g/mol. The van der Waals surface area contributed by atoms with Crippen LogP contribution >= 0.6 is 0 Å². The van der Waals surface area contributed by atoms with Gasteiger partial charge in [0.25, 0.3) is 0 Å². The quantitative estimate of drug-likeness (QED) is 0.681. The summed E-state index contributed by atoms with van der Waals surface area (Å²) in [6.07, 6.45) is 4.72. The van der Waals surface area contributed by atoms with Crippen LogP contribution in [0, 0.1) is 11.3 Å². The molecule has 0 spiro atoms. The average Bonchev–Trinajstić information content (AvgIpc) is 2.59. The van der Waals surface area contributed by atoms with Crippen LogP contribution in [-0.4, -0.2) is 32.8 Å². The van der Waals surface area contributed by atoms with E-state index in [1.807, 2.05) is 0 Å². The molecule has 1 saturated heterocycles. The molecule has 0 bridgehead atoms. The van der Waals surface area contributed by atoms with E-state index in [0.29, 0.717) is 11.3 Å². The Morgan fingerprint density at radius 2 is 1.88 bits per heavy atom. The Morgan fingerprint density at radius 3 is 2.44 bits per heavy atom. The highest BCUT2D eigenvalue weighted by molar-refractivity contribution is 5.45. The minimum absolute atomic E-state index is 0.0600. The first-order chi connectivity index (χ1) is 11.8. The van der Waals surface area contributed by atoms with Gasteiger partial charge in [-0.2, -0.15) is 0 Å². The lowest BCUT2D eigenvalue weighted by molar-refractivity contribution is -0.132. The first-order valence-electron chi connectivity index (χ1n) is 9.91. The molecule has 25 heavy (non-hydrogen) atoms. The second-order valence-corrected chi connectivity index (χ2v) is 8.58. The fourth-order valence-electron chi connectivity index (χ4n) is 4.09. The number of hydrogen-bond acceptors (Lipinski definition) is 3. The molecule has 1 aromatic rings. The van der Waals surface area contributed by atoms with Crippen LogP contribution in [0.5, 0.6) is 0 Å². The molecule has 1 aliphatic rings. The lowest BCUT2D eigenvalue weighted by Gasteiger charge is -2.49. The smallest absolute Gasteiger partial charge is 0.0657 e. The van der Waals surface area contributed by atoms with Crippen LogP contribution < -0.4 is 10.2 Å². The van der Waals surface area contributed by atoms with Gasteiger partial charge in [-0.1, -0.05) is 32.9 Å². The van der Waals surface area contributed by atoms with Crippen LogP contribution in [0.15, 0.2) is 24.3 Å². The number of benzene rings is 1. The Hall–Kier alpha value is -1.06. The van der Waals surface area contributed by atoms with Gasteiger partial charge in [0.15, 0.2) is 0 Å². The van der Waals surface area contributed by atoms with Gasteiger partial charge in [0.1, 0.15) is 0 Å². The lowest BCUT2D eigenvalue weighted by atomic mass is 9.64. The standard InChI is InChI=1S/C22H38N2O/c1-7-21(4)17-22(18(2)3,13-15-25-21)12-14-23-16-19-8-10-20(11-9-19)24(5)6/h8-11,18,23H,7,12-17H2,1-6H3/t21-,22-/m1/s1. The second kappa shape index (κ2) is 8.55. The number of anilines is 1. The van der Waals surface area contributed by atoms with Crippen LogP contribution in [0.1, 0.15) is 58.9 Å². The van der Waals surface area contributed by atoms with Crippen molar-refractivity contribution in [1.29, 1.82) is 0 Å². The van der Waals surface area contributed by atoms with E-state index in [-0.39, 0.29) is 5.60 Å². The SMILES string of the molecule is CC[C@]1(C)C[C@](CCNCc2ccc(N(C)C)cc2)(C(C)C)CCO1. The van der Waals surface area contributed by atoms with Crippen molar-refractivity contribution >= 4 is 5.69 Å². The number of rotatable bonds is 8. The van der Waals surface area contributed by atoms with Crippen molar-refractivity contribution in [2.45, 2.75) is 65.5 Å². The predicted molar refractivity (Wildman–Crippen MR) is 108 cm³/mol. The van der Waals surface area contributed by atoms with E-state index in [1.165, 1.54) is 30.5 Å². The predicted octanol–water partition coefficient (Wildman–Crippen LogP) is 4.85. The largest absolute Gasteiger partial charge is 0.378 e. The maximum atomic E-state index is 6.10. The molecule has 142 valence electrons. The van der Waals surface area contributed by atoms with Gasteiger partial charge in [-0.15, -0.1) is 0 Å². The molecule has 0 amide bonds. The topological polar surface area (TPSA) is 24.5 Å². The first-order valence-corrected chi connectivity index (χ1v) is 9.91. The van der Waals surface area contributed by atoms with E-state index in [0.717, 1.165) is 26.1 Å². The van der Waals surface area contributed by atoms with Crippen LogP contribution in [-0.2, 0) is 11.3 Å². The summed E-state index contributed by atoms with van der Waals surface area (Å²) in [5.74, 6) is 0.698. The Kier molecular flexibility index (Phi) is 6.93. The first kappa shape index (κ1) is 20.3. The van der Waals surface area contributed by atoms with Gasteiger partial charge in [0, 0.05) is 32.9 Å². The van der Waals surface area contributed by atoms with Gasteiger partial charge < -0.3 is 15.0 Å². The summed E-state index contributed by atoms with van der Waals surface area (Å²) >= 11 is 0. The van der Waals surface area contributed by atoms with Crippen LogP contribution in [0.4, 0.5) is 5.69 Å². The zero-order valence-electron chi connectivity index (χ0n) is 17.2. The van der Waals surface area contributed by atoms with Gasteiger partial charge in [-0.25, -0.2) is 0 Å². The van der Waals surface area contributed by atoms with Crippen LogP contribution in [0.2, 0.25) is 0 Å². The van der Waals surface area contributed by atoms with E-state index in [1.54, 1.807) is 0 Å². The molecule has 3 nitrogen and oxygen atoms in total. The zero-order chi connectivity index (χ0) is 18.5. The van der Waals surface area contributed by atoms with Crippen molar-refractivity contribution in [1.82, 2.24) is 5.32 Å². The maximum absolute atomic E-state index is 6.10. The van der Waals surface area contributed by atoms with E-state index >= 15 is 0 Å². The molecule has 1 fully saturated rings. The molecule has 1 heterocycles. The number of nitrogens with zero attached hydrogens (tertiary/aromatic N) is 1. The summed E-state index contributed by atoms with van der Waals surface area (Å²) in [6, 6.07) is 8.84. The highest BCUT2D eigenvalue weighted by Crippen LogP contribution is 2.47. The summed E-state index contributed by atoms with van der Waals surface area (Å²) < 4.78 is 6.10. The van der Waals surface area contributed by atoms with Gasteiger partial charge in [-0.3, -0.25) is 0 Å². The lowest BCUT2D eigenvalue weighted by Crippen LogP contribution is -2.46. The molecule has 0 aliphatic carbocycles. The summed E-state index contributed by atoms with van der Waals surface area (Å²) in [7, 11) is 4.16. The number of nitrogens with one attached hydrogen (secondary N) is 1. The van der Waals surface area contributed by atoms with Gasteiger partial charge >= 0.3 is 0 Å². The highest BCUT2D eigenvalue weighted by atomic mass is 16.5. The van der Waals surface area contributed by atoms with Crippen molar-refractivity contribution in [2.75, 3.05) is 32.1 Å². The molecule has 0 saturated carbocycles. The molecule has 0 unspecified atom stereocenters. The third-order valence-electron chi connectivity index (χ3n) is 6.33. The molecule has 1 aromatic carbocycles. The zero-order valence-corrected chi connectivity index (χ0v) is 17.2. The monoisotopic (exact) mass is 346 g/mol. The van der Waals surface area contributed by atoms with Crippen LogP contribution in [0.3, 0.4) is 0 Å². The number of hydrogen-bond donors (Lipinski definition) is 1. The van der Waals surface area contributed by atoms with Gasteiger partial charge in [0.2, 0.25) is 0 Å². The molecule has 0 aromatic heterocycles. The number of ether oxygens (including phenoxy) is 1. The second-order valence-electron chi connectivity index (χ2n) is 8.58. The van der Waals surface area contributed by atoms with Crippen molar-refractivity contribution in [3.63, 3.8) is 0 Å². The van der Waals surface area contributed by atoms with Crippen molar-refractivity contribution < 1.29 is 4.74 Å². The van der Waals surface area contributed by atoms with Gasteiger partial charge in [-0.05, 0) is 68.2 Å². The van der Waals surface area contributed by atoms with E-state index in [2.05, 4.69) is 76.3 Å². The van der Waals surface area contributed by atoms with E-state index in [9.17, 15) is 0 Å². The van der Waals surface area contributed by atoms with E-state index < -0.39 is 0 Å². The highest BCUT2D eigenvalue weighted by Gasteiger charge is 2.43. The Morgan fingerprint density at radius 1 is 1.20 bits per heavy atom. The summed E-state index contributed by atoms with van der Waals surface area (Å²) in [5, 5.41) is 3.67. The Bertz CT molecular complexity index is 525. The summed E-state index contributed by atoms with van der Waals surface area (Å²) in [5.41, 5.74) is 3.08. The van der Waals surface area contributed by atoms with Crippen molar-refractivity contribution in [2.24, 2.45) is 11.3 Å². The summed E-state index contributed by atoms with van der Waals surface area (Å²) in [4.78, 5) is 2.14. The minimum atomic E-state index is 0.0600. The van der Waals surface area contributed by atoms with E-state index in [4.69, 9.17) is 4.74 Å². The minimum Gasteiger partial charge on any atom is -0.378 e. The Labute approximate surface area is 155 Å². The van der Waals surface area contributed by atoms with Crippen LogP contribution in [0.25, 0.3) is 0 Å². The fraction of sp³-hybridized carbons (Fsp3) is 0.727. The maximum Gasteiger partial charge on any atom is 0.0657 e. The third-order valence-corrected chi connectivity index (χ3v) is 6.33. The molecule has 1 aliphatic heterocycles. The third kappa shape index (κ3) is 5.21. The molecule has 3 heteroatoms. The molecule has 1 N–H and O–H groups in total. The normalized spacial score (nSPS) is 26.8. The molecule has 2 atom stereocenters. The van der Waals surface area contributed by atoms with Gasteiger partial charge in [0.05, 0.1) is 5.60 Å². The molecule has 0 radical (unpaired) electrons.